The third-order valence-corrected chi connectivity index (χ3v) is 2.87. The molecule has 0 saturated heterocycles. The largest absolute Gasteiger partial charge is 0.377 e. The molecule has 1 rings (SSSR count). The van der Waals surface area contributed by atoms with Gasteiger partial charge in [-0.2, -0.15) is 0 Å². The number of hydroxylamine groups is 1. The first-order valence-corrected chi connectivity index (χ1v) is 6.45. The van der Waals surface area contributed by atoms with Crippen LogP contribution in [-0.2, 0) is 9.53 Å². The smallest absolute Gasteiger partial charge is 0.243 e. The molecule has 0 saturated carbocycles. The number of hydrogen-bond donors (Lipinski definition) is 2. The van der Waals surface area contributed by atoms with E-state index in [-0.39, 0.29) is 12.0 Å². The van der Waals surface area contributed by atoms with Crippen LogP contribution < -0.4 is 5.48 Å². The van der Waals surface area contributed by atoms with Gasteiger partial charge in [-0.05, 0) is 18.4 Å². The maximum Gasteiger partial charge on any atom is 0.243 e. The number of amides is 1. The quantitative estimate of drug-likeness (QED) is 0.431. The SMILES string of the molecule is COC(C=Cc1ccccc1)CCCCC(=O)NO. The fourth-order valence-electron chi connectivity index (χ4n) is 1.76. The third-order valence-electron chi connectivity index (χ3n) is 2.87. The van der Waals surface area contributed by atoms with E-state index < -0.39 is 0 Å². The lowest BCUT2D eigenvalue weighted by molar-refractivity contribution is -0.129. The van der Waals surface area contributed by atoms with E-state index in [9.17, 15) is 4.79 Å². The van der Waals surface area contributed by atoms with Crippen LogP contribution in [0.15, 0.2) is 36.4 Å². The van der Waals surface area contributed by atoms with Crippen LogP contribution >= 0.6 is 0 Å². The maximum atomic E-state index is 10.8. The molecular weight excluding hydrogens is 242 g/mol. The highest BCUT2D eigenvalue weighted by atomic mass is 16.5. The lowest BCUT2D eigenvalue weighted by Crippen LogP contribution is -2.18. The summed E-state index contributed by atoms with van der Waals surface area (Å²) < 4.78 is 5.37. The van der Waals surface area contributed by atoms with Gasteiger partial charge in [0.15, 0.2) is 0 Å². The Hall–Kier alpha value is -1.65. The number of hydrogen-bond acceptors (Lipinski definition) is 3. The van der Waals surface area contributed by atoms with Crippen molar-refractivity contribution in [2.45, 2.75) is 31.8 Å². The highest BCUT2D eigenvalue weighted by Crippen LogP contribution is 2.10. The molecule has 104 valence electrons. The van der Waals surface area contributed by atoms with Crippen molar-refractivity contribution in [2.75, 3.05) is 7.11 Å². The van der Waals surface area contributed by atoms with Gasteiger partial charge in [0, 0.05) is 13.5 Å². The lowest BCUT2D eigenvalue weighted by Gasteiger charge is -2.10. The highest BCUT2D eigenvalue weighted by Gasteiger charge is 2.04. The molecule has 4 heteroatoms. The Kier molecular flexibility index (Phi) is 7.54. The van der Waals surface area contributed by atoms with Gasteiger partial charge in [0.1, 0.15) is 0 Å². The topological polar surface area (TPSA) is 58.6 Å². The second-order valence-electron chi connectivity index (χ2n) is 4.32. The van der Waals surface area contributed by atoms with Crippen molar-refractivity contribution in [3.63, 3.8) is 0 Å². The van der Waals surface area contributed by atoms with Gasteiger partial charge in [-0.15, -0.1) is 0 Å². The normalized spacial score (nSPS) is 12.5. The van der Waals surface area contributed by atoms with Gasteiger partial charge in [-0.1, -0.05) is 48.9 Å². The number of benzene rings is 1. The zero-order valence-corrected chi connectivity index (χ0v) is 11.2. The van der Waals surface area contributed by atoms with Crippen molar-refractivity contribution >= 4 is 12.0 Å². The summed E-state index contributed by atoms with van der Waals surface area (Å²) >= 11 is 0. The predicted octanol–water partition coefficient (Wildman–Crippen LogP) is 2.78. The van der Waals surface area contributed by atoms with Crippen LogP contribution in [-0.4, -0.2) is 24.3 Å². The first-order chi connectivity index (χ1) is 9.26. The Morgan fingerprint density at radius 3 is 2.74 bits per heavy atom. The summed E-state index contributed by atoms with van der Waals surface area (Å²) in [6.45, 7) is 0. The zero-order chi connectivity index (χ0) is 13.9. The van der Waals surface area contributed by atoms with Gasteiger partial charge in [0.2, 0.25) is 5.91 Å². The molecule has 4 nitrogen and oxygen atoms in total. The number of carbonyl (C=O) groups is 1. The second-order valence-corrected chi connectivity index (χ2v) is 4.32. The summed E-state index contributed by atoms with van der Waals surface area (Å²) in [7, 11) is 1.68. The highest BCUT2D eigenvalue weighted by molar-refractivity contribution is 5.74. The second kappa shape index (κ2) is 9.30. The van der Waals surface area contributed by atoms with Crippen LogP contribution in [0.4, 0.5) is 0 Å². The summed E-state index contributed by atoms with van der Waals surface area (Å²) in [6, 6.07) is 10.0. The molecule has 0 aromatic heterocycles. The first-order valence-electron chi connectivity index (χ1n) is 6.45. The van der Waals surface area contributed by atoms with E-state index in [4.69, 9.17) is 9.94 Å². The van der Waals surface area contributed by atoms with Crippen LogP contribution in [0.3, 0.4) is 0 Å². The van der Waals surface area contributed by atoms with Gasteiger partial charge < -0.3 is 4.74 Å². The van der Waals surface area contributed by atoms with Gasteiger partial charge in [0.25, 0.3) is 0 Å². The summed E-state index contributed by atoms with van der Waals surface area (Å²) in [4.78, 5) is 10.8. The monoisotopic (exact) mass is 263 g/mol. The molecule has 0 aliphatic carbocycles. The van der Waals surface area contributed by atoms with Crippen LogP contribution in [0.25, 0.3) is 6.08 Å². The first kappa shape index (κ1) is 15.4. The standard InChI is InChI=1S/C15H21NO3/c1-19-14(9-5-6-10-15(17)16-18)12-11-13-7-3-2-4-8-13/h2-4,7-8,11-12,14,18H,5-6,9-10H2,1H3,(H,16,17). The van der Waals surface area contributed by atoms with Gasteiger partial charge in [-0.3, -0.25) is 10.0 Å². The van der Waals surface area contributed by atoms with Crippen LogP contribution in [0.1, 0.15) is 31.2 Å². The van der Waals surface area contributed by atoms with E-state index in [0.717, 1.165) is 24.8 Å². The Labute approximate surface area is 114 Å². The minimum atomic E-state index is -0.339. The molecule has 0 aliphatic rings. The molecule has 19 heavy (non-hydrogen) atoms. The Bertz CT molecular complexity index is 390. The molecule has 0 heterocycles. The summed E-state index contributed by atoms with van der Waals surface area (Å²) in [6.07, 6.45) is 6.94. The molecule has 0 spiro atoms. The van der Waals surface area contributed by atoms with Crippen LogP contribution in [0, 0.1) is 0 Å². The van der Waals surface area contributed by atoms with E-state index in [1.54, 1.807) is 12.6 Å². The summed E-state index contributed by atoms with van der Waals surface area (Å²) in [5.74, 6) is -0.339. The van der Waals surface area contributed by atoms with Crippen LogP contribution in [0.5, 0.6) is 0 Å². The van der Waals surface area contributed by atoms with E-state index in [1.807, 2.05) is 42.5 Å². The molecule has 1 unspecified atom stereocenters. The summed E-state index contributed by atoms with van der Waals surface area (Å²) in [5, 5.41) is 8.36. The van der Waals surface area contributed by atoms with E-state index in [1.165, 1.54) is 0 Å². The van der Waals surface area contributed by atoms with Crippen molar-refractivity contribution in [1.29, 1.82) is 0 Å². The van der Waals surface area contributed by atoms with E-state index >= 15 is 0 Å². The fraction of sp³-hybridized carbons (Fsp3) is 0.400. The van der Waals surface area contributed by atoms with E-state index in [0.29, 0.717) is 6.42 Å². The third kappa shape index (κ3) is 6.74. The number of unbranched alkanes of at least 4 members (excludes halogenated alkanes) is 1. The van der Waals surface area contributed by atoms with Gasteiger partial charge in [0.05, 0.1) is 6.10 Å². The van der Waals surface area contributed by atoms with Crippen molar-refractivity contribution < 1.29 is 14.7 Å². The van der Waals surface area contributed by atoms with Crippen molar-refractivity contribution in [2.24, 2.45) is 0 Å². The molecule has 0 bridgehead atoms. The molecule has 1 aromatic rings. The number of methoxy groups -OCH3 is 1. The molecule has 2 N–H and O–H groups in total. The molecule has 1 aromatic carbocycles. The molecule has 0 aliphatic heterocycles. The summed E-state index contributed by atoms with van der Waals surface area (Å²) in [5.41, 5.74) is 2.77. The minimum absolute atomic E-state index is 0.0531. The fourth-order valence-corrected chi connectivity index (χ4v) is 1.76. The van der Waals surface area contributed by atoms with Crippen LogP contribution in [0.2, 0.25) is 0 Å². The lowest BCUT2D eigenvalue weighted by atomic mass is 10.1. The molecule has 0 radical (unpaired) electrons. The van der Waals surface area contributed by atoms with Crippen molar-refractivity contribution in [1.82, 2.24) is 5.48 Å². The average Bonchev–Trinajstić information content (AvgIpc) is 2.47. The maximum absolute atomic E-state index is 10.8. The Morgan fingerprint density at radius 2 is 2.11 bits per heavy atom. The average molecular weight is 263 g/mol. The number of nitrogens with one attached hydrogen (secondary N) is 1. The number of rotatable bonds is 8. The predicted molar refractivity (Wildman–Crippen MR) is 74.7 cm³/mol. The molecule has 1 amide bonds. The number of carbonyl (C=O) groups excluding carboxylic acids is 1. The van der Waals surface area contributed by atoms with Gasteiger partial charge >= 0.3 is 0 Å². The number of ether oxygens (including phenoxy) is 1. The minimum Gasteiger partial charge on any atom is -0.377 e. The molecule has 1 atom stereocenters. The van der Waals surface area contributed by atoms with E-state index in [2.05, 4.69) is 0 Å². The Morgan fingerprint density at radius 1 is 1.37 bits per heavy atom. The van der Waals surface area contributed by atoms with Gasteiger partial charge in [-0.25, -0.2) is 5.48 Å². The molecular formula is C15H21NO3. The van der Waals surface area contributed by atoms with Crippen molar-refractivity contribution in [3.8, 4) is 0 Å². The zero-order valence-electron chi connectivity index (χ0n) is 11.2. The Balaban J connectivity index is 2.30. The molecule has 0 fully saturated rings. The van der Waals surface area contributed by atoms with Crippen molar-refractivity contribution in [3.05, 3.63) is 42.0 Å².